The standard InChI is InChI=1S/C27H28FNO2/c1-19-15-20(2)17-23(16-19)22-8-12-27(31-14-13-29(3)4)25(18-22)26(30)11-7-21-5-9-24(28)10-6-21/h5-12,15-18H,13-14H2,1-4H3/b11-7+. The maximum Gasteiger partial charge on any atom is 0.189 e. The number of aryl methyl sites for hydroxylation is 2. The molecule has 0 unspecified atom stereocenters. The Balaban J connectivity index is 1.94. The quantitative estimate of drug-likeness (QED) is 0.335. The van der Waals surface area contributed by atoms with Gasteiger partial charge in [-0.25, -0.2) is 4.39 Å². The molecule has 0 radical (unpaired) electrons. The highest BCUT2D eigenvalue weighted by atomic mass is 19.1. The van der Waals surface area contributed by atoms with Crippen molar-refractivity contribution in [2.45, 2.75) is 13.8 Å². The molecule has 0 saturated heterocycles. The predicted octanol–water partition coefficient (Wildman–Crippen LogP) is 5.95. The van der Waals surface area contributed by atoms with Gasteiger partial charge in [-0.1, -0.05) is 53.6 Å². The number of rotatable bonds is 8. The van der Waals surface area contributed by atoms with Crippen molar-refractivity contribution in [2.75, 3.05) is 27.2 Å². The first-order valence-electron chi connectivity index (χ1n) is 10.3. The monoisotopic (exact) mass is 417 g/mol. The second kappa shape index (κ2) is 10.2. The SMILES string of the molecule is Cc1cc(C)cc(-c2ccc(OCCN(C)C)c(C(=O)/C=C/c3ccc(F)cc3)c2)c1. The third kappa shape index (κ3) is 6.37. The Hall–Kier alpha value is -3.24. The van der Waals surface area contributed by atoms with Gasteiger partial charge >= 0.3 is 0 Å². The molecule has 0 amide bonds. The zero-order chi connectivity index (χ0) is 22.4. The van der Waals surface area contributed by atoms with Crippen LogP contribution in [0.5, 0.6) is 5.75 Å². The van der Waals surface area contributed by atoms with E-state index < -0.39 is 0 Å². The van der Waals surface area contributed by atoms with E-state index in [1.165, 1.54) is 29.3 Å². The molecule has 0 aliphatic heterocycles. The van der Waals surface area contributed by atoms with E-state index in [1.807, 2.05) is 37.2 Å². The van der Waals surface area contributed by atoms with E-state index in [9.17, 15) is 9.18 Å². The molecular formula is C27H28FNO2. The summed E-state index contributed by atoms with van der Waals surface area (Å²) in [6.07, 6.45) is 3.20. The average molecular weight is 418 g/mol. The summed E-state index contributed by atoms with van der Waals surface area (Å²) in [5.74, 6) is 0.0975. The fourth-order valence-electron chi connectivity index (χ4n) is 3.34. The van der Waals surface area contributed by atoms with Gasteiger partial charge in [-0.3, -0.25) is 4.79 Å². The van der Waals surface area contributed by atoms with Gasteiger partial charge in [-0.15, -0.1) is 0 Å². The van der Waals surface area contributed by atoms with Gasteiger partial charge < -0.3 is 9.64 Å². The second-order valence-corrected chi connectivity index (χ2v) is 7.99. The molecule has 3 nitrogen and oxygen atoms in total. The van der Waals surface area contributed by atoms with E-state index in [-0.39, 0.29) is 11.6 Å². The smallest absolute Gasteiger partial charge is 0.189 e. The number of nitrogens with zero attached hydrogens (tertiary/aromatic N) is 1. The molecule has 0 atom stereocenters. The molecule has 0 bridgehead atoms. The van der Waals surface area contributed by atoms with Crippen molar-refractivity contribution >= 4 is 11.9 Å². The van der Waals surface area contributed by atoms with E-state index in [0.717, 1.165) is 23.2 Å². The zero-order valence-electron chi connectivity index (χ0n) is 18.5. The molecule has 0 aromatic heterocycles. The van der Waals surface area contributed by atoms with E-state index in [1.54, 1.807) is 18.2 Å². The molecule has 0 fully saturated rings. The highest BCUT2D eigenvalue weighted by molar-refractivity contribution is 6.09. The summed E-state index contributed by atoms with van der Waals surface area (Å²) in [6, 6.07) is 18.1. The van der Waals surface area contributed by atoms with Crippen LogP contribution in [0, 0.1) is 19.7 Å². The summed E-state index contributed by atoms with van der Waals surface area (Å²) in [5.41, 5.74) is 5.64. The average Bonchev–Trinajstić information content (AvgIpc) is 2.72. The third-order valence-corrected chi connectivity index (χ3v) is 4.89. The van der Waals surface area contributed by atoms with Crippen LogP contribution >= 0.6 is 0 Å². The topological polar surface area (TPSA) is 29.5 Å². The van der Waals surface area contributed by atoms with Crippen LogP contribution in [0.4, 0.5) is 4.39 Å². The predicted molar refractivity (Wildman–Crippen MR) is 125 cm³/mol. The third-order valence-electron chi connectivity index (χ3n) is 4.89. The summed E-state index contributed by atoms with van der Waals surface area (Å²) in [4.78, 5) is 15.1. The van der Waals surface area contributed by atoms with Gasteiger partial charge in [0.2, 0.25) is 0 Å². The van der Waals surface area contributed by atoms with Crippen LogP contribution in [-0.4, -0.2) is 37.9 Å². The van der Waals surface area contributed by atoms with E-state index in [0.29, 0.717) is 17.9 Å². The Morgan fingerprint density at radius 3 is 2.26 bits per heavy atom. The Morgan fingerprint density at radius 1 is 0.935 bits per heavy atom. The minimum absolute atomic E-state index is 0.157. The Morgan fingerprint density at radius 2 is 1.61 bits per heavy atom. The van der Waals surface area contributed by atoms with Gasteiger partial charge in [0.05, 0.1) is 5.56 Å². The Bertz CT molecular complexity index is 1060. The first-order chi connectivity index (χ1) is 14.8. The number of likely N-dealkylation sites (N-methyl/N-ethyl adjacent to an activating group) is 1. The number of halogens is 1. The van der Waals surface area contributed by atoms with Crippen molar-refractivity contribution in [2.24, 2.45) is 0 Å². The van der Waals surface area contributed by atoms with Crippen molar-refractivity contribution in [1.82, 2.24) is 4.90 Å². The van der Waals surface area contributed by atoms with Gasteiger partial charge in [-0.05, 0) is 75.0 Å². The Labute approximate surface area is 183 Å². The lowest BCUT2D eigenvalue weighted by Gasteiger charge is -2.14. The molecule has 3 aromatic carbocycles. The largest absolute Gasteiger partial charge is 0.491 e. The summed E-state index contributed by atoms with van der Waals surface area (Å²) < 4.78 is 19.1. The fraction of sp³-hybridized carbons (Fsp3) is 0.222. The number of carbonyl (C=O) groups excluding carboxylic acids is 1. The van der Waals surface area contributed by atoms with Gasteiger partial charge in [0, 0.05) is 6.54 Å². The molecule has 3 aromatic rings. The van der Waals surface area contributed by atoms with Gasteiger partial charge in [-0.2, -0.15) is 0 Å². The van der Waals surface area contributed by atoms with E-state index in [4.69, 9.17) is 4.74 Å². The van der Waals surface area contributed by atoms with Gasteiger partial charge in [0.1, 0.15) is 18.2 Å². The molecule has 0 aliphatic carbocycles. The number of benzene rings is 3. The maximum absolute atomic E-state index is 13.1. The van der Waals surface area contributed by atoms with Gasteiger partial charge in [0.25, 0.3) is 0 Å². The van der Waals surface area contributed by atoms with Crippen LogP contribution in [0.1, 0.15) is 27.0 Å². The molecule has 160 valence electrons. The number of allylic oxidation sites excluding steroid dienone is 1. The molecule has 3 rings (SSSR count). The highest BCUT2D eigenvalue weighted by Gasteiger charge is 2.13. The molecule has 0 heterocycles. The van der Waals surface area contributed by atoms with Crippen LogP contribution in [-0.2, 0) is 0 Å². The number of ether oxygens (including phenoxy) is 1. The van der Waals surface area contributed by atoms with Crippen LogP contribution in [0.25, 0.3) is 17.2 Å². The molecule has 31 heavy (non-hydrogen) atoms. The summed E-state index contributed by atoms with van der Waals surface area (Å²) in [6.45, 7) is 5.36. The van der Waals surface area contributed by atoms with Crippen molar-refractivity contribution < 1.29 is 13.9 Å². The lowest BCUT2D eigenvalue weighted by molar-refractivity contribution is 0.104. The Kier molecular flexibility index (Phi) is 7.37. The number of carbonyl (C=O) groups is 1. The lowest BCUT2D eigenvalue weighted by Crippen LogP contribution is -2.20. The molecule has 0 saturated carbocycles. The zero-order valence-corrected chi connectivity index (χ0v) is 18.5. The molecule has 0 N–H and O–H groups in total. The van der Waals surface area contributed by atoms with E-state index >= 15 is 0 Å². The number of hydrogen-bond acceptors (Lipinski definition) is 3. The maximum atomic E-state index is 13.1. The minimum Gasteiger partial charge on any atom is -0.491 e. The van der Waals surface area contributed by atoms with Crippen LogP contribution in [0.2, 0.25) is 0 Å². The first-order valence-corrected chi connectivity index (χ1v) is 10.3. The fourth-order valence-corrected chi connectivity index (χ4v) is 3.34. The molecule has 0 aliphatic rings. The second-order valence-electron chi connectivity index (χ2n) is 7.99. The highest BCUT2D eigenvalue weighted by Crippen LogP contribution is 2.29. The lowest BCUT2D eigenvalue weighted by atomic mass is 9.97. The summed E-state index contributed by atoms with van der Waals surface area (Å²) in [7, 11) is 3.95. The van der Waals surface area contributed by atoms with Crippen molar-refractivity contribution in [3.05, 3.63) is 94.8 Å². The van der Waals surface area contributed by atoms with Gasteiger partial charge in [0.15, 0.2) is 5.78 Å². The van der Waals surface area contributed by atoms with Crippen molar-refractivity contribution in [3.8, 4) is 16.9 Å². The normalized spacial score (nSPS) is 11.3. The van der Waals surface area contributed by atoms with Crippen LogP contribution in [0.15, 0.2) is 66.7 Å². The van der Waals surface area contributed by atoms with Crippen LogP contribution in [0.3, 0.4) is 0 Å². The number of hydrogen-bond donors (Lipinski definition) is 0. The van der Waals surface area contributed by atoms with Crippen molar-refractivity contribution in [3.63, 3.8) is 0 Å². The van der Waals surface area contributed by atoms with Crippen molar-refractivity contribution in [1.29, 1.82) is 0 Å². The van der Waals surface area contributed by atoms with E-state index in [2.05, 4.69) is 32.0 Å². The first kappa shape index (κ1) is 22.4. The summed E-state index contributed by atoms with van der Waals surface area (Å²) in [5, 5.41) is 0. The van der Waals surface area contributed by atoms with Crippen LogP contribution < -0.4 is 4.74 Å². The summed E-state index contributed by atoms with van der Waals surface area (Å²) >= 11 is 0. The molecular weight excluding hydrogens is 389 g/mol. The number of ketones is 1. The molecule has 4 heteroatoms. The minimum atomic E-state index is -0.304. The molecule has 0 spiro atoms.